The van der Waals surface area contributed by atoms with Gasteiger partial charge in [0.05, 0.1) is 31.6 Å². The number of anilines is 1. The summed E-state index contributed by atoms with van der Waals surface area (Å²) in [5.41, 5.74) is -0.0157. The molecule has 0 aliphatic carbocycles. The molecule has 0 spiro atoms. The molecule has 22 heavy (non-hydrogen) atoms. The lowest BCUT2D eigenvalue weighted by Crippen LogP contribution is -2.39. The summed E-state index contributed by atoms with van der Waals surface area (Å²) in [4.78, 5) is 13.8. The minimum atomic E-state index is -0.783. The normalized spacial score (nSPS) is 18.5. The molecule has 1 amide bonds. The first kappa shape index (κ1) is 16.8. The molecule has 122 valence electrons. The quantitative estimate of drug-likeness (QED) is 0.867. The van der Waals surface area contributed by atoms with Gasteiger partial charge in [0.25, 0.3) is 0 Å². The number of nitrogens with zero attached hydrogens (tertiary/aromatic N) is 1. The van der Waals surface area contributed by atoms with E-state index in [4.69, 9.17) is 9.47 Å². The van der Waals surface area contributed by atoms with Crippen LogP contribution < -0.4 is 5.32 Å². The van der Waals surface area contributed by atoms with Crippen LogP contribution >= 0.6 is 0 Å². The van der Waals surface area contributed by atoms with Crippen molar-refractivity contribution in [2.45, 2.75) is 12.5 Å². The average molecular weight is 314 g/mol. The molecule has 0 bridgehead atoms. The Morgan fingerprint density at radius 3 is 2.91 bits per heavy atom. The first-order chi connectivity index (χ1) is 10.5. The predicted molar refractivity (Wildman–Crippen MR) is 77.7 cm³/mol. The van der Waals surface area contributed by atoms with Crippen LogP contribution in [0.25, 0.3) is 0 Å². The number of ether oxygens (including phenoxy) is 2. The third-order valence-corrected chi connectivity index (χ3v) is 3.33. The molecule has 1 aromatic rings. The van der Waals surface area contributed by atoms with E-state index in [0.717, 1.165) is 12.1 Å². The Bertz CT molecular complexity index is 508. The number of rotatable bonds is 6. The van der Waals surface area contributed by atoms with E-state index in [1.165, 1.54) is 6.07 Å². The van der Waals surface area contributed by atoms with Crippen LogP contribution in [0.1, 0.15) is 6.42 Å². The van der Waals surface area contributed by atoms with E-state index in [0.29, 0.717) is 32.9 Å². The maximum absolute atomic E-state index is 13.4. The van der Waals surface area contributed by atoms with E-state index in [2.05, 4.69) is 5.32 Å². The highest BCUT2D eigenvalue weighted by molar-refractivity contribution is 5.90. The van der Waals surface area contributed by atoms with Gasteiger partial charge in [-0.1, -0.05) is 0 Å². The summed E-state index contributed by atoms with van der Waals surface area (Å²) < 4.78 is 37.0. The summed E-state index contributed by atoms with van der Waals surface area (Å²) >= 11 is 0. The van der Waals surface area contributed by atoms with Gasteiger partial charge in [-0.05, 0) is 19.2 Å². The lowest BCUT2D eigenvalue weighted by molar-refractivity contribution is -0.117. The van der Waals surface area contributed by atoms with E-state index in [1.807, 2.05) is 11.9 Å². The summed E-state index contributed by atoms with van der Waals surface area (Å²) in [6.45, 7) is 2.93. The Morgan fingerprint density at radius 2 is 2.23 bits per heavy atom. The van der Waals surface area contributed by atoms with Crippen molar-refractivity contribution in [3.05, 3.63) is 29.8 Å². The Morgan fingerprint density at radius 1 is 1.41 bits per heavy atom. The largest absolute Gasteiger partial charge is 0.376 e. The predicted octanol–water partition coefficient (Wildman–Crippen LogP) is 1.64. The molecule has 1 N–H and O–H groups in total. The fourth-order valence-electron chi connectivity index (χ4n) is 2.18. The van der Waals surface area contributed by atoms with Crippen molar-refractivity contribution in [3.63, 3.8) is 0 Å². The SMILES string of the molecule is CN(CCC(=O)Nc1ccc(F)cc1F)C[C@@H]1COCCO1. The van der Waals surface area contributed by atoms with Crippen molar-refractivity contribution >= 4 is 11.6 Å². The van der Waals surface area contributed by atoms with Gasteiger partial charge in [-0.15, -0.1) is 0 Å². The fraction of sp³-hybridized carbons (Fsp3) is 0.533. The number of nitrogens with one attached hydrogen (secondary N) is 1. The van der Waals surface area contributed by atoms with E-state index in [-0.39, 0.29) is 24.1 Å². The minimum absolute atomic E-state index is 0.0105. The van der Waals surface area contributed by atoms with Gasteiger partial charge in [-0.2, -0.15) is 0 Å². The van der Waals surface area contributed by atoms with E-state index < -0.39 is 11.6 Å². The van der Waals surface area contributed by atoms with E-state index >= 15 is 0 Å². The average Bonchev–Trinajstić information content (AvgIpc) is 2.49. The highest BCUT2D eigenvalue weighted by atomic mass is 19.1. The topological polar surface area (TPSA) is 50.8 Å². The molecule has 1 saturated heterocycles. The van der Waals surface area contributed by atoms with Crippen LogP contribution in [-0.2, 0) is 14.3 Å². The second-order valence-corrected chi connectivity index (χ2v) is 5.25. The van der Waals surface area contributed by atoms with E-state index in [1.54, 1.807) is 0 Å². The zero-order valence-electron chi connectivity index (χ0n) is 12.5. The number of halogens is 2. The Hall–Kier alpha value is -1.57. The number of hydrogen-bond donors (Lipinski definition) is 1. The Labute approximate surface area is 128 Å². The Kier molecular flexibility index (Phi) is 6.23. The molecule has 1 heterocycles. The summed E-state index contributed by atoms with van der Waals surface area (Å²) in [5.74, 6) is -1.78. The molecule has 0 saturated carbocycles. The maximum Gasteiger partial charge on any atom is 0.225 e. The van der Waals surface area contributed by atoms with Crippen LogP contribution in [0.3, 0.4) is 0 Å². The highest BCUT2D eigenvalue weighted by Gasteiger charge is 2.17. The third kappa shape index (κ3) is 5.32. The second kappa shape index (κ2) is 8.17. The van der Waals surface area contributed by atoms with Crippen LogP contribution in [0, 0.1) is 11.6 Å². The molecule has 2 rings (SSSR count). The molecule has 0 radical (unpaired) electrons. The van der Waals surface area contributed by atoms with Gasteiger partial charge in [-0.25, -0.2) is 8.78 Å². The highest BCUT2D eigenvalue weighted by Crippen LogP contribution is 2.15. The summed E-state index contributed by atoms with van der Waals surface area (Å²) in [6, 6.07) is 3.05. The lowest BCUT2D eigenvalue weighted by atomic mass is 10.2. The van der Waals surface area contributed by atoms with Crippen molar-refractivity contribution < 1.29 is 23.0 Å². The van der Waals surface area contributed by atoms with Gasteiger partial charge in [0.1, 0.15) is 11.6 Å². The zero-order valence-corrected chi connectivity index (χ0v) is 12.5. The number of hydrogen-bond acceptors (Lipinski definition) is 4. The zero-order chi connectivity index (χ0) is 15.9. The van der Waals surface area contributed by atoms with Crippen molar-refractivity contribution in [2.75, 3.05) is 45.3 Å². The monoisotopic (exact) mass is 314 g/mol. The smallest absolute Gasteiger partial charge is 0.225 e. The van der Waals surface area contributed by atoms with Crippen molar-refractivity contribution in [2.24, 2.45) is 0 Å². The molecule has 5 nitrogen and oxygen atoms in total. The number of benzene rings is 1. The van der Waals surface area contributed by atoms with Crippen LogP contribution in [0.4, 0.5) is 14.5 Å². The van der Waals surface area contributed by atoms with Gasteiger partial charge >= 0.3 is 0 Å². The van der Waals surface area contributed by atoms with Crippen molar-refractivity contribution in [3.8, 4) is 0 Å². The minimum Gasteiger partial charge on any atom is -0.376 e. The number of amides is 1. The molecule has 0 unspecified atom stereocenters. The molecular formula is C15H20F2N2O3. The maximum atomic E-state index is 13.4. The fourth-order valence-corrected chi connectivity index (χ4v) is 2.18. The molecule has 1 aromatic carbocycles. The van der Waals surface area contributed by atoms with Gasteiger partial charge in [0, 0.05) is 25.6 Å². The van der Waals surface area contributed by atoms with Gasteiger partial charge in [0.15, 0.2) is 0 Å². The first-order valence-corrected chi connectivity index (χ1v) is 7.17. The summed E-state index contributed by atoms with van der Waals surface area (Å²) in [5, 5.41) is 2.43. The first-order valence-electron chi connectivity index (χ1n) is 7.17. The van der Waals surface area contributed by atoms with Gasteiger partial charge < -0.3 is 19.7 Å². The van der Waals surface area contributed by atoms with Crippen LogP contribution in [0.2, 0.25) is 0 Å². The molecule has 1 fully saturated rings. The van der Waals surface area contributed by atoms with Crippen LogP contribution in [0.15, 0.2) is 18.2 Å². The number of likely N-dealkylation sites (N-methyl/N-ethyl adjacent to an activating group) is 1. The van der Waals surface area contributed by atoms with Crippen molar-refractivity contribution in [1.29, 1.82) is 0 Å². The second-order valence-electron chi connectivity index (χ2n) is 5.25. The van der Waals surface area contributed by atoms with Gasteiger partial charge in [-0.3, -0.25) is 4.79 Å². The Balaban J connectivity index is 1.72. The standard InChI is InChI=1S/C15H20F2N2O3/c1-19(9-12-10-21-6-7-22-12)5-4-15(20)18-14-3-2-11(16)8-13(14)17/h2-3,8,12H,4-7,9-10H2,1H3,(H,18,20)/t12-/m1/s1. The van der Waals surface area contributed by atoms with Crippen molar-refractivity contribution in [1.82, 2.24) is 4.90 Å². The molecule has 7 heteroatoms. The van der Waals surface area contributed by atoms with Crippen LogP contribution in [-0.4, -0.2) is 56.9 Å². The summed E-state index contributed by atoms with van der Waals surface area (Å²) in [7, 11) is 1.88. The molecular weight excluding hydrogens is 294 g/mol. The number of carbonyl (C=O) groups excluding carboxylic acids is 1. The lowest BCUT2D eigenvalue weighted by Gasteiger charge is -2.27. The third-order valence-electron chi connectivity index (χ3n) is 3.33. The molecule has 1 aliphatic heterocycles. The van der Waals surface area contributed by atoms with E-state index in [9.17, 15) is 13.6 Å². The molecule has 1 atom stereocenters. The van der Waals surface area contributed by atoms with Gasteiger partial charge in [0.2, 0.25) is 5.91 Å². The molecule has 1 aliphatic rings. The van der Waals surface area contributed by atoms with Crippen LogP contribution in [0.5, 0.6) is 0 Å². The molecule has 0 aromatic heterocycles. The summed E-state index contributed by atoms with van der Waals surface area (Å²) in [6.07, 6.45) is 0.220. The number of carbonyl (C=O) groups is 1.